The van der Waals surface area contributed by atoms with E-state index in [2.05, 4.69) is 9.69 Å². The SMILES string of the molecule is COc1ccc([C@H](C(=O)NC2CCCCC2)N(C(=O)c2snc(C(N)=O)c2N)c2ccc(F)cc2)cc1OC. The van der Waals surface area contributed by atoms with Crippen LogP contribution in [0.25, 0.3) is 0 Å². The van der Waals surface area contributed by atoms with E-state index in [9.17, 15) is 18.8 Å². The number of halogens is 1. The molecule has 12 heteroatoms. The highest BCUT2D eigenvalue weighted by atomic mass is 32.1. The molecule has 1 saturated carbocycles. The fourth-order valence-corrected chi connectivity index (χ4v) is 5.43. The molecule has 1 aliphatic rings. The van der Waals surface area contributed by atoms with Crippen LogP contribution in [0.15, 0.2) is 42.5 Å². The Morgan fingerprint density at radius 3 is 2.31 bits per heavy atom. The Labute approximate surface area is 229 Å². The van der Waals surface area contributed by atoms with Gasteiger partial charge in [0.15, 0.2) is 17.2 Å². The summed E-state index contributed by atoms with van der Waals surface area (Å²) in [7, 11) is 2.95. The van der Waals surface area contributed by atoms with E-state index in [4.69, 9.17) is 20.9 Å². The van der Waals surface area contributed by atoms with E-state index < -0.39 is 29.6 Å². The highest BCUT2D eigenvalue weighted by Crippen LogP contribution is 2.37. The minimum absolute atomic E-state index is 0.0611. The van der Waals surface area contributed by atoms with Gasteiger partial charge in [-0.3, -0.25) is 19.3 Å². The molecule has 0 aliphatic heterocycles. The van der Waals surface area contributed by atoms with Crippen LogP contribution in [0, 0.1) is 5.82 Å². The van der Waals surface area contributed by atoms with Crippen LogP contribution in [0.4, 0.5) is 15.8 Å². The molecule has 1 atom stereocenters. The molecule has 0 spiro atoms. The number of nitrogens with one attached hydrogen (secondary N) is 1. The van der Waals surface area contributed by atoms with Gasteiger partial charge in [-0.25, -0.2) is 4.39 Å². The van der Waals surface area contributed by atoms with Gasteiger partial charge < -0.3 is 26.3 Å². The Morgan fingerprint density at radius 2 is 1.72 bits per heavy atom. The zero-order valence-electron chi connectivity index (χ0n) is 21.6. The minimum Gasteiger partial charge on any atom is -0.493 e. The fourth-order valence-electron chi connectivity index (χ4n) is 4.69. The second-order valence-corrected chi connectivity index (χ2v) is 9.92. The molecule has 0 saturated heterocycles. The summed E-state index contributed by atoms with van der Waals surface area (Å²) in [5.74, 6) is -1.76. The predicted molar refractivity (Wildman–Crippen MR) is 146 cm³/mol. The summed E-state index contributed by atoms with van der Waals surface area (Å²) in [5.41, 5.74) is 11.7. The third kappa shape index (κ3) is 5.95. The molecule has 2 aromatic carbocycles. The number of benzene rings is 2. The molecule has 5 N–H and O–H groups in total. The molecule has 0 unspecified atom stereocenters. The van der Waals surface area contributed by atoms with Crippen LogP contribution in [0.5, 0.6) is 11.5 Å². The third-order valence-electron chi connectivity index (χ3n) is 6.66. The second-order valence-electron chi connectivity index (χ2n) is 9.15. The van der Waals surface area contributed by atoms with E-state index in [1.54, 1.807) is 18.2 Å². The van der Waals surface area contributed by atoms with Gasteiger partial charge in [0.25, 0.3) is 11.8 Å². The number of carbonyl (C=O) groups is 3. The summed E-state index contributed by atoms with van der Waals surface area (Å²) in [5, 5.41) is 3.09. The number of primary amides is 1. The van der Waals surface area contributed by atoms with E-state index in [-0.39, 0.29) is 28.0 Å². The number of anilines is 2. The third-order valence-corrected chi connectivity index (χ3v) is 7.51. The van der Waals surface area contributed by atoms with Crippen LogP contribution in [0.1, 0.15) is 63.9 Å². The first-order chi connectivity index (χ1) is 18.7. The zero-order valence-corrected chi connectivity index (χ0v) is 22.4. The average molecular weight is 556 g/mol. The number of nitrogens with zero attached hydrogens (tertiary/aromatic N) is 2. The minimum atomic E-state index is -1.22. The molecule has 1 aromatic heterocycles. The van der Waals surface area contributed by atoms with Crippen LogP contribution < -0.4 is 31.2 Å². The average Bonchev–Trinajstić information content (AvgIpc) is 3.33. The first-order valence-electron chi connectivity index (χ1n) is 12.4. The van der Waals surface area contributed by atoms with Crippen LogP contribution in [0.3, 0.4) is 0 Å². The van der Waals surface area contributed by atoms with Gasteiger partial charge in [-0.2, -0.15) is 4.37 Å². The molecule has 3 aromatic rings. The van der Waals surface area contributed by atoms with Crippen molar-refractivity contribution in [2.24, 2.45) is 5.73 Å². The van der Waals surface area contributed by atoms with Gasteiger partial charge in [-0.1, -0.05) is 25.3 Å². The lowest BCUT2D eigenvalue weighted by Crippen LogP contribution is -2.47. The molecule has 10 nitrogen and oxygen atoms in total. The molecule has 4 rings (SSSR count). The lowest BCUT2D eigenvalue weighted by atomic mass is 9.94. The van der Waals surface area contributed by atoms with Gasteiger partial charge in [0.2, 0.25) is 5.91 Å². The molecule has 1 fully saturated rings. The molecule has 0 bridgehead atoms. The van der Waals surface area contributed by atoms with Gasteiger partial charge in [-0.15, -0.1) is 0 Å². The Hall–Kier alpha value is -4.19. The summed E-state index contributed by atoms with van der Waals surface area (Å²) in [6.07, 6.45) is 4.70. The van der Waals surface area contributed by atoms with Gasteiger partial charge in [0.05, 0.1) is 19.9 Å². The number of carbonyl (C=O) groups excluding carboxylic acids is 3. The largest absolute Gasteiger partial charge is 0.493 e. The number of nitrogen functional groups attached to an aromatic ring is 1. The summed E-state index contributed by atoms with van der Waals surface area (Å²) < 4.78 is 28.7. The number of ether oxygens (including phenoxy) is 2. The number of rotatable bonds is 9. The smallest absolute Gasteiger partial charge is 0.273 e. The maximum absolute atomic E-state index is 14.1. The van der Waals surface area contributed by atoms with Crippen LogP contribution in [-0.2, 0) is 4.79 Å². The van der Waals surface area contributed by atoms with Crippen LogP contribution in [0.2, 0.25) is 0 Å². The van der Waals surface area contributed by atoms with Crippen molar-refractivity contribution in [2.75, 3.05) is 24.9 Å². The topological polar surface area (TPSA) is 150 Å². The van der Waals surface area contributed by atoms with E-state index >= 15 is 0 Å². The molecule has 39 heavy (non-hydrogen) atoms. The zero-order chi connectivity index (χ0) is 28.1. The molecule has 206 valence electrons. The van der Waals surface area contributed by atoms with Crippen LogP contribution in [-0.4, -0.2) is 42.4 Å². The van der Waals surface area contributed by atoms with Crippen molar-refractivity contribution in [3.05, 3.63) is 64.4 Å². The maximum Gasteiger partial charge on any atom is 0.273 e. The van der Waals surface area contributed by atoms with Crippen molar-refractivity contribution >= 4 is 40.6 Å². The van der Waals surface area contributed by atoms with E-state index in [0.29, 0.717) is 28.6 Å². The van der Waals surface area contributed by atoms with Crippen molar-refractivity contribution in [3.63, 3.8) is 0 Å². The monoisotopic (exact) mass is 555 g/mol. The Balaban J connectivity index is 1.88. The normalized spacial score (nSPS) is 14.3. The highest BCUT2D eigenvalue weighted by molar-refractivity contribution is 7.09. The van der Waals surface area contributed by atoms with Gasteiger partial charge in [-0.05, 0) is 66.3 Å². The second kappa shape index (κ2) is 12.1. The van der Waals surface area contributed by atoms with Crippen molar-refractivity contribution < 1.29 is 28.2 Å². The quantitative estimate of drug-likeness (QED) is 0.363. The van der Waals surface area contributed by atoms with Gasteiger partial charge in [0, 0.05) is 11.7 Å². The fraction of sp³-hybridized carbons (Fsp3) is 0.333. The first kappa shape index (κ1) is 27.8. The standard InChI is InChI=1S/C27H30FN5O5S/c1-37-19-13-8-15(14-20(19)38-2)23(26(35)31-17-6-4-3-5-7-17)33(18-11-9-16(28)10-12-18)27(36)24-21(29)22(25(30)34)32-39-24/h8-14,17,23H,3-7,29H2,1-2H3,(H2,30,34)(H,31,35)/t23-/m1/s1. The van der Waals surface area contributed by atoms with Crippen molar-refractivity contribution in [1.82, 2.24) is 9.69 Å². The number of aromatic nitrogens is 1. The van der Waals surface area contributed by atoms with Gasteiger partial charge >= 0.3 is 0 Å². The lowest BCUT2D eigenvalue weighted by molar-refractivity contribution is -0.123. The summed E-state index contributed by atoms with van der Waals surface area (Å²) in [6, 6.07) is 8.77. The van der Waals surface area contributed by atoms with E-state index in [0.717, 1.165) is 32.1 Å². The summed E-state index contributed by atoms with van der Waals surface area (Å²) in [4.78, 5) is 41.0. The number of methoxy groups -OCH3 is 2. The maximum atomic E-state index is 14.1. The van der Waals surface area contributed by atoms with E-state index in [1.807, 2.05) is 0 Å². The molecule has 1 aliphatic carbocycles. The number of hydrogen-bond acceptors (Lipinski definition) is 8. The summed E-state index contributed by atoms with van der Waals surface area (Å²) >= 11 is 0.695. The first-order valence-corrected chi connectivity index (χ1v) is 13.2. The number of hydrogen-bond donors (Lipinski definition) is 3. The molecule has 1 heterocycles. The van der Waals surface area contributed by atoms with E-state index in [1.165, 1.54) is 43.4 Å². The van der Waals surface area contributed by atoms with Crippen molar-refractivity contribution in [1.29, 1.82) is 0 Å². The van der Waals surface area contributed by atoms with Crippen molar-refractivity contribution in [2.45, 2.75) is 44.2 Å². The van der Waals surface area contributed by atoms with Crippen LogP contribution >= 0.6 is 11.5 Å². The number of nitrogens with two attached hydrogens (primary N) is 2. The Kier molecular flexibility index (Phi) is 8.65. The predicted octanol–water partition coefficient (Wildman–Crippen LogP) is 3.82. The molecular weight excluding hydrogens is 525 g/mol. The highest BCUT2D eigenvalue weighted by Gasteiger charge is 2.37. The summed E-state index contributed by atoms with van der Waals surface area (Å²) in [6.45, 7) is 0. The van der Waals surface area contributed by atoms with Gasteiger partial charge in [0.1, 0.15) is 16.7 Å². The molecule has 3 amide bonds. The molecular formula is C27H30FN5O5S. The Morgan fingerprint density at radius 1 is 1.05 bits per heavy atom. The number of amides is 3. The lowest BCUT2D eigenvalue weighted by Gasteiger charge is -2.33. The Bertz CT molecular complexity index is 1360. The molecule has 0 radical (unpaired) electrons. The van der Waals surface area contributed by atoms with Crippen molar-refractivity contribution in [3.8, 4) is 11.5 Å².